The lowest BCUT2D eigenvalue weighted by atomic mass is 10.2. The smallest absolute Gasteiger partial charge is 0.417 e. The third-order valence-corrected chi connectivity index (χ3v) is 2.12. The molecular weight excluding hydrogens is 251 g/mol. The molecule has 0 saturated carbocycles. The average molecular weight is 256 g/mol. The molecule has 1 heterocycles. The van der Waals surface area contributed by atoms with Crippen molar-refractivity contribution in [3.63, 3.8) is 0 Å². The van der Waals surface area contributed by atoms with Crippen LogP contribution in [0, 0.1) is 0 Å². The summed E-state index contributed by atoms with van der Waals surface area (Å²) in [5, 5.41) is 0. The van der Waals surface area contributed by atoms with E-state index < -0.39 is 11.7 Å². The van der Waals surface area contributed by atoms with E-state index in [9.17, 15) is 13.2 Å². The van der Waals surface area contributed by atoms with E-state index in [1.54, 1.807) is 0 Å². The maximum Gasteiger partial charge on any atom is 0.417 e. The Morgan fingerprint density at radius 1 is 1.46 bits per heavy atom. The Kier molecular flexibility index (Phi) is 2.80. The third-order valence-electron chi connectivity index (χ3n) is 1.36. The van der Waals surface area contributed by atoms with Gasteiger partial charge in [-0.3, -0.25) is 0 Å². The molecule has 13 heavy (non-hydrogen) atoms. The maximum atomic E-state index is 12.3. The first-order chi connectivity index (χ1) is 5.96. The van der Waals surface area contributed by atoms with Crippen molar-refractivity contribution in [3.05, 3.63) is 22.3 Å². The molecule has 72 valence electrons. The van der Waals surface area contributed by atoms with E-state index in [0.717, 1.165) is 12.3 Å². The molecule has 0 amide bonds. The minimum absolute atomic E-state index is 0.0742. The fourth-order valence-electron chi connectivity index (χ4n) is 0.786. The van der Waals surface area contributed by atoms with Gasteiger partial charge in [0.05, 0.1) is 17.1 Å². The highest BCUT2D eigenvalue weighted by molar-refractivity contribution is 9.10. The minimum atomic E-state index is -4.39. The third kappa shape index (κ3) is 2.12. The van der Waals surface area contributed by atoms with Crippen LogP contribution < -0.4 is 4.74 Å². The number of alkyl halides is 3. The Balaban J connectivity index is 3.24. The highest BCUT2D eigenvalue weighted by atomic mass is 79.9. The van der Waals surface area contributed by atoms with Gasteiger partial charge in [0.25, 0.3) is 0 Å². The molecule has 0 bridgehead atoms. The zero-order chi connectivity index (χ0) is 10.1. The number of halogens is 4. The molecule has 0 spiro atoms. The molecule has 0 atom stereocenters. The van der Waals surface area contributed by atoms with E-state index in [0.29, 0.717) is 0 Å². The fourth-order valence-corrected chi connectivity index (χ4v) is 1.41. The molecule has 0 N–H and O–H groups in total. The number of nitrogens with zero attached hydrogens (tertiary/aromatic N) is 1. The molecule has 0 aliphatic rings. The van der Waals surface area contributed by atoms with Crippen molar-refractivity contribution in [1.82, 2.24) is 4.98 Å². The van der Waals surface area contributed by atoms with Gasteiger partial charge < -0.3 is 4.74 Å². The molecule has 2 nitrogen and oxygen atoms in total. The van der Waals surface area contributed by atoms with E-state index in [4.69, 9.17) is 0 Å². The SMILES string of the molecule is COc1nccc(C(F)(F)F)c1Br. The second-order valence-electron chi connectivity index (χ2n) is 2.18. The van der Waals surface area contributed by atoms with Crippen LogP contribution in [-0.2, 0) is 6.18 Å². The summed E-state index contributed by atoms with van der Waals surface area (Å²) in [4.78, 5) is 3.60. The summed E-state index contributed by atoms with van der Waals surface area (Å²) in [6.45, 7) is 0. The zero-order valence-electron chi connectivity index (χ0n) is 6.52. The molecule has 0 radical (unpaired) electrons. The fraction of sp³-hybridized carbons (Fsp3) is 0.286. The Morgan fingerprint density at radius 2 is 2.08 bits per heavy atom. The van der Waals surface area contributed by atoms with Gasteiger partial charge in [-0.25, -0.2) is 4.98 Å². The highest BCUT2D eigenvalue weighted by Crippen LogP contribution is 2.37. The topological polar surface area (TPSA) is 22.1 Å². The molecule has 0 saturated heterocycles. The van der Waals surface area contributed by atoms with Crippen LogP contribution in [0.25, 0.3) is 0 Å². The summed E-state index contributed by atoms with van der Waals surface area (Å²) < 4.78 is 41.2. The Morgan fingerprint density at radius 3 is 2.54 bits per heavy atom. The number of hydrogen-bond acceptors (Lipinski definition) is 2. The maximum absolute atomic E-state index is 12.3. The van der Waals surface area contributed by atoms with Crippen LogP contribution >= 0.6 is 15.9 Å². The number of methoxy groups -OCH3 is 1. The second kappa shape index (κ2) is 3.53. The predicted molar refractivity (Wildman–Crippen MR) is 43.5 cm³/mol. The molecule has 0 aliphatic carbocycles. The number of pyridine rings is 1. The molecule has 1 aromatic heterocycles. The van der Waals surface area contributed by atoms with Gasteiger partial charge in [0.2, 0.25) is 5.88 Å². The van der Waals surface area contributed by atoms with E-state index >= 15 is 0 Å². The normalized spacial score (nSPS) is 11.5. The van der Waals surface area contributed by atoms with Crippen LogP contribution in [-0.4, -0.2) is 12.1 Å². The van der Waals surface area contributed by atoms with Crippen LogP contribution in [0.2, 0.25) is 0 Å². The van der Waals surface area contributed by atoms with Crippen LogP contribution in [0.15, 0.2) is 16.7 Å². The van der Waals surface area contributed by atoms with E-state index in [2.05, 4.69) is 25.7 Å². The van der Waals surface area contributed by atoms with Crippen LogP contribution in [0.5, 0.6) is 5.88 Å². The summed E-state index contributed by atoms with van der Waals surface area (Å²) in [5.74, 6) is -0.0742. The quantitative estimate of drug-likeness (QED) is 0.770. The highest BCUT2D eigenvalue weighted by Gasteiger charge is 2.34. The van der Waals surface area contributed by atoms with Gasteiger partial charge in [-0.05, 0) is 22.0 Å². The monoisotopic (exact) mass is 255 g/mol. The van der Waals surface area contributed by atoms with E-state index in [1.165, 1.54) is 7.11 Å². The van der Waals surface area contributed by atoms with Crippen LogP contribution in [0.4, 0.5) is 13.2 Å². The molecule has 0 aromatic carbocycles. The van der Waals surface area contributed by atoms with Gasteiger partial charge in [-0.2, -0.15) is 13.2 Å². The van der Waals surface area contributed by atoms with Crippen LogP contribution in [0.1, 0.15) is 5.56 Å². The van der Waals surface area contributed by atoms with Gasteiger partial charge >= 0.3 is 6.18 Å². The standard InChI is InChI=1S/C7H5BrF3NO/c1-13-6-5(8)4(2-3-12-6)7(9,10)11/h2-3H,1H3. The number of ether oxygens (including phenoxy) is 1. The predicted octanol–water partition coefficient (Wildman–Crippen LogP) is 2.87. The summed E-state index contributed by atoms with van der Waals surface area (Å²) in [7, 11) is 1.26. The lowest BCUT2D eigenvalue weighted by Crippen LogP contribution is -2.07. The van der Waals surface area contributed by atoms with Crippen molar-refractivity contribution in [1.29, 1.82) is 0 Å². The Bertz CT molecular complexity index is 313. The van der Waals surface area contributed by atoms with Crippen molar-refractivity contribution >= 4 is 15.9 Å². The summed E-state index contributed by atoms with van der Waals surface area (Å²) in [6.07, 6.45) is -3.35. The Hall–Kier alpha value is -0.780. The molecule has 0 fully saturated rings. The molecule has 6 heteroatoms. The summed E-state index contributed by atoms with van der Waals surface area (Å²) >= 11 is 2.77. The van der Waals surface area contributed by atoms with Gasteiger partial charge in [-0.15, -0.1) is 0 Å². The van der Waals surface area contributed by atoms with Crippen LogP contribution in [0.3, 0.4) is 0 Å². The number of rotatable bonds is 1. The van der Waals surface area contributed by atoms with Gasteiger partial charge in [-0.1, -0.05) is 0 Å². The first-order valence-corrected chi connectivity index (χ1v) is 4.02. The largest absolute Gasteiger partial charge is 0.480 e. The molecule has 0 aliphatic heterocycles. The van der Waals surface area contributed by atoms with Crippen molar-refractivity contribution in [2.75, 3.05) is 7.11 Å². The minimum Gasteiger partial charge on any atom is -0.480 e. The lowest BCUT2D eigenvalue weighted by Gasteiger charge is -2.10. The van der Waals surface area contributed by atoms with E-state index in [1.807, 2.05) is 0 Å². The second-order valence-corrected chi connectivity index (χ2v) is 2.97. The van der Waals surface area contributed by atoms with Crippen molar-refractivity contribution in [2.24, 2.45) is 0 Å². The first-order valence-electron chi connectivity index (χ1n) is 3.22. The zero-order valence-corrected chi connectivity index (χ0v) is 8.11. The van der Waals surface area contributed by atoms with Gasteiger partial charge in [0.1, 0.15) is 0 Å². The summed E-state index contributed by atoms with van der Waals surface area (Å²) in [6, 6.07) is 0.882. The lowest BCUT2D eigenvalue weighted by molar-refractivity contribution is -0.138. The summed E-state index contributed by atoms with van der Waals surface area (Å²) in [5.41, 5.74) is -0.792. The van der Waals surface area contributed by atoms with Crippen molar-refractivity contribution in [2.45, 2.75) is 6.18 Å². The molecular formula is C7H5BrF3NO. The Labute approximate surface area is 80.9 Å². The number of hydrogen-bond donors (Lipinski definition) is 0. The number of aromatic nitrogens is 1. The molecule has 0 unspecified atom stereocenters. The van der Waals surface area contributed by atoms with Crippen molar-refractivity contribution < 1.29 is 17.9 Å². The van der Waals surface area contributed by atoms with E-state index in [-0.39, 0.29) is 10.4 Å². The van der Waals surface area contributed by atoms with Gasteiger partial charge in [0.15, 0.2) is 0 Å². The first kappa shape index (κ1) is 10.3. The van der Waals surface area contributed by atoms with Gasteiger partial charge in [0, 0.05) is 6.20 Å². The molecule has 1 aromatic rings. The van der Waals surface area contributed by atoms with Crippen molar-refractivity contribution in [3.8, 4) is 5.88 Å². The molecule has 1 rings (SSSR count). The average Bonchev–Trinajstić information content (AvgIpc) is 2.02.